The van der Waals surface area contributed by atoms with Crippen LogP contribution in [0.15, 0.2) is 70.9 Å². The number of benzene rings is 2. The van der Waals surface area contributed by atoms with Crippen molar-refractivity contribution >= 4 is 43.3 Å². The highest BCUT2D eigenvalue weighted by atomic mass is 79.9. The van der Waals surface area contributed by atoms with E-state index in [4.69, 9.17) is 0 Å². The Balaban J connectivity index is 2.30. The second-order valence-electron chi connectivity index (χ2n) is 4.09. The fourth-order valence-electron chi connectivity index (χ4n) is 1.71. The van der Waals surface area contributed by atoms with Crippen molar-refractivity contribution in [2.45, 2.75) is 0 Å². The van der Waals surface area contributed by atoms with Gasteiger partial charge in [0.15, 0.2) is 0 Å². The standard InChI is InChI=1S/C16H14Br2N2/c17-11-15(13-7-3-1-4-8-13)19-20-16(12-18)14-9-5-2-6-10-14/h1-10H,11-12H2/b19-15-,20-16-. The summed E-state index contributed by atoms with van der Waals surface area (Å²) < 4.78 is 0. The molecule has 2 nitrogen and oxygen atoms in total. The van der Waals surface area contributed by atoms with E-state index in [0.29, 0.717) is 10.7 Å². The highest BCUT2D eigenvalue weighted by Crippen LogP contribution is 2.07. The van der Waals surface area contributed by atoms with E-state index in [2.05, 4.69) is 42.1 Å². The lowest BCUT2D eigenvalue weighted by Crippen LogP contribution is -2.05. The molecule has 0 spiro atoms. The van der Waals surface area contributed by atoms with Crippen LogP contribution in [-0.4, -0.2) is 22.1 Å². The van der Waals surface area contributed by atoms with Crippen LogP contribution >= 0.6 is 31.9 Å². The van der Waals surface area contributed by atoms with Crippen molar-refractivity contribution in [1.82, 2.24) is 0 Å². The molecule has 0 aliphatic heterocycles. The van der Waals surface area contributed by atoms with Gasteiger partial charge in [-0.3, -0.25) is 0 Å². The summed E-state index contributed by atoms with van der Waals surface area (Å²) >= 11 is 6.94. The van der Waals surface area contributed by atoms with Gasteiger partial charge >= 0.3 is 0 Å². The first kappa shape index (κ1) is 15.1. The molecule has 0 saturated carbocycles. The van der Waals surface area contributed by atoms with Crippen molar-refractivity contribution in [3.05, 3.63) is 71.8 Å². The second kappa shape index (κ2) is 8.12. The molecule has 2 rings (SSSR count). The van der Waals surface area contributed by atoms with Crippen molar-refractivity contribution in [2.24, 2.45) is 10.2 Å². The van der Waals surface area contributed by atoms with Crippen LogP contribution < -0.4 is 0 Å². The van der Waals surface area contributed by atoms with Gasteiger partial charge in [-0.05, 0) is 11.1 Å². The molecule has 0 fully saturated rings. The minimum atomic E-state index is 0.671. The van der Waals surface area contributed by atoms with Gasteiger partial charge in [0, 0.05) is 10.7 Å². The van der Waals surface area contributed by atoms with Gasteiger partial charge in [-0.1, -0.05) is 92.5 Å². The van der Waals surface area contributed by atoms with Gasteiger partial charge in [0.25, 0.3) is 0 Å². The van der Waals surface area contributed by atoms with Gasteiger partial charge in [-0.2, -0.15) is 10.2 Å². The maximum atomic E-state index is 4.39. The average molecular weight is 394 g/mol. The first-order valence-corrected chi connectivity index (χ1v) is 8.45. The summed E-state index contributed by atoms with van der Waals surface area (Å²) in [5.74, 6) is 0. The molecule has 4 heteroatoms. The lowest BCUT2D eigenvalue weighted by molar-refractivity contribution is 1.22. The predicted molar refractivity (Wildman–Crippen MR) is 93.5 cm³/mol. The van der Waals surface area contributed by atoms with Gasteiger partial charge in [0.2, 0.25) is 0 Å². The quantitative estimate of drug-likeness (QED) is 0.400. The van der Waals surface area contributed by atoms with E-state index in [0.717, 1.165) is 22.6 Å². The third kappa shape index (κ3) is 4.12. The topological polar surface area (TPSA) is 24.7 Å². The van der Waals surface area contributed by atoms with Crippen LogP contribution in [0.5, 0.6) is 0 Å². The van der Waals surface area contributed by atoms with E-state index in [9.17, 15) is 0 Å². The summed E-state index contributed by atoms with van der Waals surface area (Å²) in [6, 6.07) is 20.1. The van der Waals surface area contributed by atoms with E-state index in [1.165, 1.54) is 0 Å². The maximum Gasteiger partial charge on any atom is 0.0808 e. The Morgan fingerprint density at radius 3 is 1.30 bits per heavy atom. The molecule has 2 aromatic rings. The van der Waals surface area contributed by atoms with E-state index < -0.39 is 0 Å². The molecule has 0 atom stereocenters. The molecule has 0 amide bonds. The largest absolute Gasteiger partial charge is 0.154 e. The zero-order chi connectivity index (χ0) is 14.2. The summed E-state index contributed by atoms with van der Waals surface area (Å²) in [4.78, 5) is 0. The Hall–Kier alpha value is -1.26. The number of alkyl halides is 2. The smallest absolute Gasteiger partial charge is 0.0808 e. The zero-order valence-corrected chi connectivity index (χ0v) is 14.0. The highest BCUT2D eigenvalue weighted by Gasteiger charge is 2.03. The van der Waals surface area contributed by atoms with Gasteiger partial charge in [0.1, 0.15) is 0 Å². The molecular weight excluding hydrogens is 380 g/mol. The number of rotatable bonds is 5. The molecule has 0 aromatic heterocycles. The predicted octanol–water partition coefficient (Wildman–Crippen LogP) is 4.67. The summed E-state index contributed by atoms with van der Waals surface area (Å²) in [5, 5.41) is 10.1. The van der Waals surface area contributed by atoms with Gasteiger partial charge in [-0.25, -0.2) is 0 Å². The number of halogens is 2. The summed E-state index contributed by atoms with van der Waals surface area (Å²) in [6.07, 6.45) is 0. The van der Waals surface area contributed by atoms with E-state index >= 15 is 0 Å². The van der Waals surface area contributed by atoms with E-state index in [1.54, 1.807) is 0 Å². The molecule has 0 aliphatic carbocycles. The van der Waals surface area contributed by atoms with Crippen LogP contribution in [0.2, 0.25) is 0 Å². The Morgan fingerprint density at radius 1 is 0.650 bits per heavy atom. The summed E-state index contributed by atoms with van der Waals surface area (Å²) in [7, 11) is 0. The lowest BCUT2D eigenvalue weighted by Gasteiger charge is -2.03. The fraction of sp³-hybridized carbons (Fsp3) is 0.125. The summed E-state index contributed by atoms with van der Waals surface area (Å²) in [6.45, 7) is 0. The maximum absolute atomic E-state index is 4.39. The van der Waals surface area contributed by atoms with Gasteiger partial charge in [-0.15, -0.1) is 0 Å². The lowest BCUT2D eigenvalue weighted by atomic mass is 10.1. The van der Waals surface area contributed by atoms with E-state index in [1.807, 2.05) is 60.7 Å². The molecule has 0 bridgehead atoms. The monoisotopic (exact) mass is 392 g/mol. The van der Waals surface area contributed by atoms with Crippen LogP contribution in [0.3, 0.4) is 0 Å². The normalized spacial score (nSPS) is 12.5. The Kier molecular flexibility index (Phi) is 6.15. The first-order chi connectivity index (χ1) is 9.85. The minimum absolute atomic E-state index is 0.671. The van der Waals surface area contributed by atoms with Crippen molar-refractivity contribution in [1.29, 1.82) is 0 Å². The van der Waals surface area contributed by atoms with Crippen molar-refractivity contribution < 1.29 is 0 Å². The fourth-order valence-corrected chi connectivity index (χ4v) is 2.58. The van der Waals surface area contributed by atoms with Crippen LogP contribution in [0.25, 0.3) is 0 Å². The molecule has 0 heterocycles. The Bertz CT molecular complexity index is 537. The molecule has 0 N–H and O–H groups in total. The number of hydrogen-bond acceptors (Lipinski definition) is 2. The first-order valence-electron chi connectivity index (χ1n) is 6.21. The van der Waals surface area contributed by atoms with E-state index in [-0.39, 0.29) is 0 Å². The van der Waals surface area contributed by atoms with Crippen molar-refractivity contribution in [3.8, 4) is 0 Å². The van der Waals surface area contributed by atoms with Crippen LogP contribution in [-0.2, 0) is 0 Å². The molecule has 0 radical (unpaired) electrons. The third-order valence-electron chi connectivity index (χ3n) is 2.76. The molecule has 20 heavy (non-hydrogen) atoms. The van der Waals surface area contributed by atoms with Crippen molar-refractivity contribution in [3.63, 3.8) is 0 Å². The highest BCUT2D eigenvalue weighted by molar-refractivity contribution is 9.09. The minimum Gasteiger partial charge on any atom is -0.154 e. The van der Waals surface area contributed by atoms with Gasteiger partial charge < -0.3 is 0 Å². The molecular formula is C16H14Br2N2. The van der Waals surface area contributed by atoms with Crippen molar-refractivity contribution in [2.75, 3.05) is 10.7 Å². The molecule has 0 saturated heterocycles. The number of hydrogen-bond donors (Lipinski definition) is 0. The van der Waals surface area contributed by atoms with Crippen LogP contribution in [0, 0.1) is 0 Å². The second-order valence-corrected chi connectivity index (χ2v) is 5.21. The third-order valence-corrected chi connectivity index (χ3v) is 3.82. The molecule has 0 aliphatic rings. The van der Waals surface area contributed by atoms with Crippen LogP contribution in [0.4, 0.5) is 0 Å². The zero-order valence-electron chi connectivity index (χ0n) is 10.8. The SMILES string of the molecule is BrC/C(=N/N=C(/CBr)c1ccccc1)c1ccccc1. The molecule has 2 aromatic carbocycles. The molecule has 102 valence electrons. The Labute approximate surface area is 135 Å². The number of nitrogens with zero attached hydrogens (tertiary/aromatic N) is 2. The molecule has 0 unspecified atom stereocenters. The van der Waals surface area contributed by atoms with Gasteiger partial charge in [0.05, 0.1) is 11.4 Å². The average Bonchev–Trinajstić information content (AvgIpc) is 2.53. The van der Waals surface area contributed by atoms with Crippen LogP contribution in [0.1, 0.15) is 11.1 Å². The Morgan fingerprint density at radius 2 is 1.00 bits per heavy atom. The summed E-state index contributed by atoms with van der Waals surface area (Å²) in [5.41, 5.74) is 3.99.